The molecule has 1 rings (SSSR count). The van der Waals surface area contributed by atoms with Crippen LogP contribution in [0.1, 0.15) is 38.5 Å². The third-order valence-electron chi connectivity index (χ3n) is 3.70. The summed E-state index contributed by atoms with van der Waals surface area (Å²) in [5.41, 5.74) is 16.0. The molecule has 0 aromatic carbocycles. The molecule has 0 radical (unpaired) electrons. The average molecular weight is 284 g/mol. The van der Waals surface area contributed by atoms with Gasteiger partial charge in [0, 0.05) is 12.5 Å². The third kappa shape index (κ3) is 6.01. The van der Waals surface area contributed by atoms with Gasteiger partial charge in [0.15, 0.2) is 0 Å². The van der Waals surface area contributed by atoms with Gasteiger partial charge < -0.3 is 22.1 Å². The summed E-state index contributed by atoms with van der Waals surface area (Å²) in [6.45, 7) is -0.533. The van der Waals surface area contributed by atoms with E-state index in [-0.39, 0.29) is 25.0 Å². The number of carbonyl (C=O) groups excluding carboxylic acids is 3. The monoisotopic (exact) mass is 284 g/mol. The van der Waals surface area contributed by atoms with Crippen LogP contribution in [0.2, 0.25) is 0 Å². The van der Waals surface area contributed by atoms with Crippen molar-refractivity contribution in [3.8, 4) is 0 Å². The topological polar surface area (TPSA) is 133 Å². The van der Waals surface area contributed by atoms with Gasteiger partial charge in [-0.1, -0.05) is 0 Å². The van der Waals surface area contributed by atoms with Crippen molar-refractivity contribution in [3.05, 3.63) is 0 Å². The van der Waals surface area contributed by atoms with Gasteiger partial charge in [-0.3, -0.25) is 14.4 Å². The molecule has 0 atom stereocenters. The van der Waals surface area contributed by atoms with Crippen LogP contribution in [0.25, 0.3) is 0 Å². The molecule has 114 valence electrons. The molecule has 1 fully saturated rings. The lowest BCUT2D eigenvalue weighted by Crippen LogP contribution is -2.43. The summed E-state index contributed by atoms with van der Waals surface area (Å²) in [5.74, 6) is -1.06. The van der Waals surface area contributed by atoms with Crippen LogP contribution < -0.4 is 17.2 Å². The van der Waals surface area contributed by atoms with E-state index >= 15 is 0 Å². The first kappa shape index (κ1) is 16.4. The molecule has 0 aromatic rings. The van der Waals surface area contributed by atoms with Gasteiger partial charge in [-0.15, -0.1) is 0 Å². The predicted octanol–water partition coefficient (Wildman–Crippen LogP) is -0.917. The summed E-state index contributed by atoms with van der Waals surface area (Å²) in [6.07, 6.45) is 5.09. The van der Waals surface area contributed by atoms with E-state index in [0.29, 0.717) is 12.3 Å². The SMILES string of the molecule is NC(=O)CN(CC(N)=O)C(=O)CCC1CCC(N)CC1. The van der Waals surface area contributed by atoms with E-state index in [9.17, 15) is 14.4 Å². The standard InChI is InChI=1S/C13H24N4O3/c14-10-4-1-9(2-5-10)3-6-13(20)17(7-11(15)18)8-12(16)19/h9-10H,1-8,14H2,(H2,15,18)(H2,16,19). The van der Waals surface area contributed by atoms with E-state index in [4.69, 9.17) is 17.2 Å². The average Bonchev–Trinajstić information content (AvgIpc) is 2.36. The lowest BCUT2D eigenvalue weighted by Gasteiger charge is -2.26. The highest BCUT2D eigenvalue weighted by molar-refractivity contribution is 5.88. The first-order valence-electron chi connectivity index (χ1n) is 6.98. The van der Waals surface area contributed by atoms with Crippen molar-refractivity contribution in [3.63, 3.8) is 0 Å². The Morgan fingerprint density at radius 2 is 1.45 bits per heavy atom. The van der Waals surface area contributed by atoms with Gasteiger partial charge in [0.1, 0.15) is 0 Å². The molecule has 0 heterocycles. The molecule has 7 heteroatoms. The Hall–Kier alpha value is -1.63. The number of nitrogens with two attached hydrogens (primary N) is 3. The fraction of sp³-hybridized carbons (Fsp3) is 0.769. The van der Waals surface area contributed by atoms with Crippen LogP contribution in [0.3, 0.4) is 0 Å². The number of carbonyl (C=O) groups is 3. The van der Waals surface area contributed by atoms with Gasteiger partial charge in [0.2, 0.25) is 17.7 Å². The Balaban J connectivity index is 2.40. The van der Waals surface area contributed by atoms with Crippen LogP contribution in [-0.2, 0) is 14.4 Å². The van der Waals surface area contributed by atoms with Crippen molar-refractivity contribution in [2.45, 2.75) is 44.6 Å². The van der Waals surface area contributed by atoms with Crippen molar-refractivity contribution in [1.29, 1.82) is 0 Å². The summed E-state index contributed by atoms with van der Waals surface area (Å²) in [6, 6.07) is 0.281. The number of nitrogens with zero attached hydrogens (tertiary/aromatic N) is 1. The molecular weight excluding hydrogens is 260 g/mol. The van der Waals surface area contributed by atoms with Gasteiger partial charge in [0.25, 0.3) is 0 Å². The number of hydrogen-bond donors (Lipinski definition) is 3. The lowest BCUT2D eigenvalue weighted by atomic mass is 9.84. The molecule has 20 heavy (non-hydrogen) atoms. The lowest BCUT2D eigenvalue weighted by molar-refractivity contribution is -0.138. The Kier molecular flexibility index (Phi) is 6.44. The predicted molar refractivity (Wildman–Crippen MR) is 74.1 cm³/mol. The molecule has 0 aliphatic heterocycles. The summed E-state index contributed by atoms with van der Waals surface area (Å²) < 4.78 is 0. The Bertz CT molecular complexity index is 349. The van der Waals surface area contributed by atoms with Crippen LogP contribution in [0, 0.1) is 5.92 Å². The number of primary amides is 2. The normalized spacial score (nSPS) is 22.2. The summed E-state index contributed by atoms with van der Waals surface area (Å²) in [5, 5.41) is 0. The zero-order valence-corrected chi connectivity index (χ0v) is 11.7. The minimum atomic E-state index is -0.650. The van der Waals surface area contributed by atoms with Crippen LogP contribution in [0.4, 0.5) is 0 Å². The van der Waals surface area contributed by atoms with Gasteiger partial charge in [0.05, 0.1) is 13.1 Å². The molecule has 3 amide bonds. The summed E-state index contributed by atoms with van der Waals surface area (Å²) in [4.78, 5) is 34.9. The van der Waals surface area contributed by atoms with Crippen LogP contribution in [0.5, 0.6) is 0 Å². The molecule has 0 saturated heterocycles. The van der Waals surface area contributed by atoms with Crippen LogP contribution >= 0.6 is 0 Å². The van der Waals surface area contributed by atoms with E-state index in [2.05, 4.69) is 0 Å². The minimum Gasteiger partial charge on any atom is -0.368 e. The van der Waals surface area contributed by atoms with Gasteiger partial charge >= 0.3 is 0 Å². The maximum atomic E-state index is 12.0. The molecule has 0 unspecified atom stereocenters. The number of hydrogen-bond acceptors (Lipinski definition) is 4. The highest BCUT2D eigenvalue weighted by Gasteiger charge is 2.22. The van der Waals surface area contributed by atoms with Crippen molar-refractivity contribution >= 4 is 17.7 Å². The second-order valence-corrected chi connectivity index (χ2v) is 5.50. The molecule has 1 aliphatic carbocycles. The number of amides is 3. The third-order valence-corrected chi connectivity index (χ3v) is 3.70. The quantitative estimate of drug-likeness (QED) is 0.557. The zero-order valence-electron chi connectivity index (χ0n) is 11.7. The van der Waals surface area contributed by atoms with E-state index in [0.717, 1.165) is 37.0 Å². The zero-order chi connectivity index (χ0) is 15.1. The van der Waals surface area contributed by atoms with Gasteiger partial charge in [-0.2, -0.15) is 0 Å². The second-order valence-electron chi connectivity index (χ2n) is 5.50. The molecule has 0 aromatic heterocycles. The van der Waals surface area contributed by atoms with Crippen molar-refractivity contribution in [1.82, 2.24) is 4.90 Å². The highest BCUT2D eigenvalue weighted by atomic mass is 16.2. The van der Waals surface area contributed by atoms with E-state index < -0.39 is 11.8 Å². The molecule has 0 bridgehead atoms. The smallest absolute Gasteiger partial charge is 0.237 e. The van der Waals surface area contributed by atoms with E-state index in [1.54, 1.807) is 0 Å². The van der Waals surface area contributed by atoms with Crippen LogP contribution in [0.15, 0.2) is 0 Å². The summed E-state index contributed by atoms with van der Waals surface area (Å²) >= 11 is 0. The molecule has 0 spiro atoms. The molecule has 7 nitrogen and oxygen atoms in total. The largest absolute Gasteiger partial charge is 0.368 e. The molecule has 1 aliphatic rings. The highest BCUT2D eigenvalue weighted by Crippen LogP contribution is 2.27. The maximum absolute atomic E-state index is 12.0. The summed E-state index contributed by atoms with van der Waals surface area (Å²) in [7, 11) is 0. The van der Waals surface area contributed by atoms with E-state index in [1.165, 1.54) is 0 Å². The first-order chi connectivity index (χ1) is 9.38. The Morgan fingerprint density at radius 3 is 1.90 bits per heavy atom. The van der Waals surface area contributed by atoms with Gasteiger partial charge in [-0.05, 0) is 38.0 Å². The fourth-order valence-electron chi connectivity index (χ4n) is 2.57. The second kappa shape index (κ2) is 7.84. The Morgan fingerprint density at radius 1 is 0.950 bits per heavy atom. The fourth-order valence-corrected chi connectivity index (χ4v) is 2.57. The molecular formula is C13H24N4O3. The first-order valence-corrected chi connectivity index (χ1v) is 6.98. The number of rotatable bonds is 7. The molecule has 6 N–H and O–H groups in total. The molecule has 1 saturated carbocycles. The minimum absolute atomic E-state index is 0.252. The Labute approximate surface area is 118 Å². The van der Waals surface area contributed by atoms with Gasteiger partial charge in [-0.25, -0.2) is 0 Å². The van der Waals surface area contributed by atoms with Crippen molar-refractivity contribution in [2.24, 2.45) is 23.1 Å². The maximum Gasteiger partial charge on any atom is 0.237 e. The van der Waals surface area contributed by atoms with Crippen LogP contribution in [-0.4, -0.2) is 41.8 Å². The van der Waals surface area contributed by atoms with Crippen molar-refractivity contribution < 1.29 is 14.4 Å². The van der Waals surface area contributed by atoms with Crippen molar-refractivity contribution in [2.75, 3.05) is 13.1 Å². The van der Waals surface area contributed by atoms with E-state index in [1.807, 2.05) is 0 Å².